The van der Waals surface area contributed by atoms with Gasteiger partial charge < -0.3 is 9.47 Å². The normalized spacial score (nSPS) is 9.52. The van der Waals surface area contributed by atoms with Crippen LogP contribution in [-0.4, -0.2) is 11.9 Å². The fourth-order valence-electron chi connectivity index (χ4n) is 1.71. The lowest BCUT2D eigenvalue weighted by Gasteiger charge is -2.06. The topological polar surface area (TPSA) is 76.4 Å². The zero-order valence-corrected chi connectivity index (χ0v) is 12.2. The summed E-state index contributed by atoms with van der Waals surface area (Å²) in [5, 5.41) is 8.71. The summed E-state index contributed by atoms with van der Waals surface area (Å²) in [6, 6.07) is 14.8. The average Bonchev–Trinajstić information content (AvgIpc) is 2.60. The lowest BCUT2D eigenvalue weighted by atomic mass is 10.1. The van der Waals surface area contributed by atoms with Crippen molar-refractivity contribution in [2.45, 2.75) is 6.61 Å². The van der Waals surface area contributed by atoms with E-state index in [9.17, 15) is 9.59 Å². The van der Waals surface area contributed by atoms with Crippen molar-refractivity contribution in [1.29, 1.82) is 5.26 Å². The third kappa shape index (κ3) is 4.55. The Kier molecular flexibility index (Phi) is 5.26. The molecule has 0 aliphatic heterocycles. The summed E-state index contributed by atoms with van der Waals surface area (Å²) in [6.07, 6.45) is 1.09. The van der Waals surface area contributed by atoms with Gasteiger partial charge in [-0.2, -0.15) is 5.26 Å². The Bertz CT molecular complexity index is 755. The molecule has 0 unspecified atom stereocenters. The molecule has 5 heteroatoms. The van der Waals surface area contributed by atoms with Crippen molar-refractivity contribution in [2.24, 2.45) is 0 Å². The molecule has 0 aromatic heterocycles. The smallest absolute Gasteiger partial charge is 0.343 e. The molecule has 0 aliphatic rings. The summed E-state index contributed by atoms with van der Waals surface area (Å²) in [5.74, 6) is -0.656. The van der Waals surface area contributed by atoms with E-state index >= 15 is 0 Å². The molecule has 2 rings (SSSR count). The van der Waals surface area contributed by atoms with E-state index in [1.807, 2.05) is 6.07 Å². The number of nitriles is 1. The first-order valence-electron chi connectivity index (χ1n) is 6.73. The molecule has 0 saturated carbocycles. The van der Waals surface area contributed by atoms with Crippen molar-refractivity contribution < 1.29 is 19.1 Å². The van der Waals surface area contributed by atoms with Crippen LogP contribution in [0.15, 0.2) is 61.2 Å². The molecule has 0 fully saturated rings. The minimum Gasteiger partial charge on any atom is -0.458 e. The molecule has 0 atom stereocenters. The first-order valence-corrected chi connectivity index (χ1v) is 6.73. The maximum absolute atomic E-state index is 12.0. The zero-order chi connectivity index (χ0) is 16.7. The zero-order valence-electron chi connectivity index (χ0n) is 12.2. The number of rotatable bonds is 5. The van der Waals surface area contributed by atoms with Gasteiger partial charge in [-0.05, 0) is 42.0 Å². The highest BCUT2D eigenvalue weighted by molar-refractivity contribution is 5.91. The van der Waals surface area contributed by atoms with Crippen molar-refractivity contribution >= 4 is 11.9 Å². The average molecular weight is 307 g/mol. The largest absolute Gasteiger partial charge is 0.458 e. The Morgan fingerprint density at radius 3 is 2.30 bits per heavy atom. The van der Waals surface area contributed by atoms with Crippen molar-refractivity contribution in [2.75, 3.05) is 0 Å². The Morgan fingerprint density at radius 2 is 1.74 bits per heavy atom. The van der Waals surface area contributed by atoms with Crippen LogP contribution >= 0.6 is 0 Å². The van der Waals surface area contributed by atoms with Crippen molar-refractivity contribution in [3.8, 4) is 11.8 Å². The first kappa shape index (κ1) is 16.0. The highest BCUT2D eigenvalue weighted by Crippen LogP contribution is 2.14. The maximum Gasteiger partial charge on any atom is 0.343 e. The van der Waals surface area contributed by atoms with E-state index in [-0.39, 0.29) is 6.61 Å². The van der Waals surface area contributed by atoms with E-state index < -0.39 is 11.9 Å². The van der Waals surface area contributed by atoms with E-state index in [0.29, 0.717) is 16.9 Å². The van der Waals surface area contributed by atoms with Gasteiger partial charge in [-0.25, -0.2) is 9.59 Å². The van der Waals surface area contributed by atoms with Crippen LogP contribution in [-0.2, 0) is 16.1 Å². The van der Waals surface area contributed by atoms with E-state index in [4.69, 9.17) is 14.7 Å². The van der Waals surface area contributed by atoms with Gasteiger partial charge in [0.15, 0.2) is 0 Å². The number of esters is 2. The molecule has 0 N–H and O–H groups in total. The van der Waals surface area contributed by atoms with Crippen molar-refractivity contribution in [3.63, 3.8) is 0 Å². The fraction of sp³-hybridized carbons (Fsp3) is 0.0556. The molecule has 2 aromatic rings. The lowest BCUT2D eigenvalue weighted by molar-refractivity contribution is -0.138. The predicted octanol–water partition coefficient (Wildman–Crippen LogP) is 3.01. The van der Waals surface area contributed by atoms with Crippen LogP contribution in [0.3, 0.4) is 0 Å². The highest BCUT2D eigenvalue weighted by Gasteiger charge is 2.09. The molecule has 0 aliphatic carbocycles. The Balaban J connectivity index is 1.98. The highest BCUT2D eigenvalue weighted by atomic mass is 16.5. The van der Waals surface area contributed by atoms with E-state index in [1.54, 1.807) is 48.5 Å². The molecule has 0 radical (unpaired) electrons. The minimum absolute atomic E-state index is 0.107. The molecule has 2 aromatic carbocycles. The fourth-order valence-corrected chi connectivity index (χ4v) is 1.71. The molecule has 23 heavy (non-hydrogen) atoms. The second kappa shape index (κ2) is 7.57. The predicted molar refractivity (Wildman–Crippen MR) is 82.6 cm³/mol. The van der Waals surface area contributed by atoms with Gasteiger partial charge in [-0.3, -0.25) is 0 Å². The number of carbonyl (C=O) groups is 2. The monoisotopic (exact) mass is 307 g/mol. The summed E-state index contributed by atoms with van der Waals surface area (Å²) in [5.41, 5.74) is 1.60. The van der Waals surface area contributed by atoms with Crippen LogP contribution in [0.4, 0.5) is 0 Å². The summed E-state index contributed by atoms with van der Waals surface area (Å²) < 4.78 is 10.1. The van der Waals surface area contributed by atoms with Crippen LogP contribution in [0.25, 0.3) is 0 Å². The second-order valence-electron chi connectivity index (χ2n) is 4.53. The van der Waals surface area contributed by atoms with Crippen LogP contribution in [0.2, 0.25) is 0 Å². The first-order chi connectivity index (χ1) is 11.1. The van der Waals surface area contributed by atoms with E-state index in [0.717, 1.165) is 11.6 Å². The molecule has 5 nitrogen and oxygen atoms in total. The van der Waals surface area contributed by atoms with Gasteiger partial charge in [0, 0.05) is 6.08 Å². The molecule has 0 amide bonds. The van der Waals surface area contributed by atoms with E-state index in [1.165, 1.54) is 0 Å². The van der Waals surface area contributed by atoms with Crippen molar-refractivity contribution in [3.05, 3.63) is 77.9 Å². The van der Waals surface area contributed by atoms with Crippen LogP contribution in [0.5, 0.6) is 5.75 Å². The number of nitrogens with zero attached hydrogens (tertiary/aromatic N) is 1. The molecule has 0 saturated heterocycles. The summed E-state index contributed by atoms with van der Waals surface area (Å²) in [7, 11) is 0. The van der Waals surface area contributed by atoms with Crippen LogP contribution in [0.1, 0.15) is 21.5 Å². The van der Waals surface area contributed by atoms with Gasteiger partial charge in [0.25, 0.3) is 0 Å². The molecule has 0 heterocycles. The summed E-state index contributed by atoms with van der Waals surface area (Å²) >= 11 is 0. The minimum atomic E-state index is -0.510. The van der Waals surface area contributed by atoms with Crippen LogP contribution in [0, 0.1) is 11.3 Å². The van der Waals surface area contributed by atoms with Gasteiger partial charge in [0.05, 0.1) is 17.2 Å². The van der Waals surface area contributed by atoms with Gasteiger partial charge in [-0.1, -0.05) is 18.7 Å². The maximum atomic E-state index is 12.0. The summed E-state index contributed by atoms with van der Waals surface area (Å²) in [6.45, 7) is 3.41. The van der Waals surface area contributed by atoms with Gasteiger partial charge >= 0.3 is 11.9 Å². The molecule has 0 bridgehead atoms. The number of ether oxygens (including phenoxy) is 2. The number of hydrogen-bond acceptors (Lipinski definition) is 5. The van der Waals surface area contributed by atoms with Crippen molar-refractivity contribution in [1.82, 2.24) is 0 Å². The summed E-state index contributed by atoms with van der Waals surface area (Å²) in [4.78, 5) is 23.0. The van der Waals surface area contributed by atoms with Gasteiger partial charge in [0.1, 0.15) is 12.4 Å². The SMILES string of the molecule is C=CC(=O)OCc1ccc(C(=O)Oc2ccc(C#N)cc2)cc1. The Hall–Kier alpha value is -3.39. The third-order valence-corrected chi connectivity index (χ3v) is 2.93. The van der Waals surface area contributed by atoms with E-state index in [2.05, 4.69) is 6.58 Å². The lowest BCUT2D eigenvalue weighted by Crippen LogP contribution is -2.08. The van der Waals surface area contributed by atoms with Crippen LogP contribution < -0.4 is 4.74 Å². The third-order valence-electron chi connectivity index (χ3n) is 2.93. The number of hydrogen-bond donors (Lipinski definition) is 0. The second-order valence-corrected chi connectivity index (χ2v) is 4.53. The van der Waals surface area contributed by atoms with Gasteiger partial charge in [0.2, 0.25) is 0 Å². The molecular formula is C18H13NO4. The molecule has 0 spiro atoms. The quantitative estimate of drug-likeness (QED) is 0.482. The molecular weight excluding hydrogens is 294 g/mol. The van der Waals surface area contributed by atoms with Gasteiger partial charge in [-0.15, -0.1) is 0 Å². The number of benzene rings is 2. The molecule has 114 valence electrons. The Morgan fingerprint density at radius 1 is 1.09 bits per heavy atom. The number of carbonyl (C=O) groups excluding carboxylic acids is 2. The Labute approximate surface area is 133 Å². The standard InChI is InChI=1S/C18H13NO4/c1-2-17(20)22-12-14-3-7-15(8-4-14)18(21)23-16-9-5-13(11-19)6-10-16/h2-10H,1,12H2.